The molecule has 3 rings (SSSR count). The van der Waals surface area contributed by atoms with Crippen LogP contribution in [0.25, 0.3) is 0 Å². The van der Waals surface area contributed by atoms with E-state index in [0.29, 0.717) is 37.3 Å². The predicted molar refractivity (Wildman–Crippen MR) is 126 cm³/mol. The molecule has 31 heavy (non-hydrogen) atoms. The fourth-order valence-electron chi connectivity index (χ4n) is 5.30. The molecule has 1 saturated carbocycles. The second-order valence-corrected chi connectivity index (χ2v) is 11.3. The molecule has 3 fully saturated rings. The molecule has 0 unspecified atom stereocenters. The van der Waals surface area contributed by atoms with Gasteiger partial charge in [0.25, 0.3) is 0 Å². The number of rotatable bonds is 7. The highest BCUT2D eigenvalue weighted by atomic mass is 16.5. The van der Waals surface area contributed by atoms with Gasteiger partial charge in [-0.15, -0.1) is 0 Å². The van der Waals surface area contributed by atoms with Gasteiger partial charge in [0.15, 0.2) is 0 Å². The summed E-state index contributed by atoms with van der Waals surface area (Å²) in [4.78, 5) is 18.0. The maximum Gasteiger partial charge on any atom is 0.222 e. The van der Waals surface area contributed by atoms with E-state index < -0.39 is 6.10 Å². The molecule has 0 spiro atoms. The third-order valence-electron chi connectivity index (χ3n) is 7.90. The number of carbonyl (C=O) groups is 1. The number of β-amino-alcohol motifs (C(OH)–C–C–N with tert-alkyl or cyclic N) is 1. The van der Waals surface area contributed by atoms with Crippen LogP contribution in [0.5, 0.6) is 0 Å². The molecule has 1 aliphatic carbocycles. The number of amides is 1. The Kier molecular flexibility index (Phi) is 9.66. The number of nitrogens with zero attached hydrogens (tertiary/aromatic N) is 2. The average Bonchev–Trinajstić information content (AvgIpc) is 3.55. The lowest BCUT2D eigenvalue weighted by Gasteiger charge is -2.39. The Hall–Kier alpha value is -0.650. The summed E-state index contributed by atoms with van der Waals surface area (Å²) in [6, 6.07) is 0. The third kappa shape index (κ3) is 8.01. The minimum atomic E-state index is -0.545. The topological polar surface area (TPSA) is 53.0 Å². The number of likely N-dealkylation sites (tertiary alicyclic amines) is 1. The van der Waals surface area contributed by atoms with E-state index in [1.165, 1.54) is 45.1 Å². The van der Waals surface area contributed by atoms with Crippen molar-refractivity contribution in [3.63, 3.8) is 0 Å². The Morgan fingerprint density at radius 1 is 1.06 bits per heavy atom. The molecular weight excluding hydrogens is 388 g/mol. The van der Waals surface area contributed by atoms with Gasteiger partial charge in [0.1, 0.15) is 0 Å². The molecule has 5 nitrogen and oxygen atoms in total. The Bertz CT molecular complexity index is 549. The van der Waals surface area contributed by atoms with Crippen molar-refractivity contribution >= 4 is 5.91 Å². The molecular formula is C26H48N2O3. The van der Waals surface area contributed by atoms with Crippen LogP contribution in [0.2, 0.25) is 0 Å². The van der Waals surface area contributed by atoms with E-state index in [2.05, 4.69) is 25.7 Å². The zero-order valence-electron chi connectivity index (χ0n) is 20.5. The third-order valence-corrected chi connectivity index (χ3v) is 7.90. The summed E-state index contributed by atoms with van der Waals surface area (Å²) in [6.07, 6.45) is 11.2. The van der Waals surface area contributed by atoms with Crippen molar-refractivity contribution in [3.8, 4) is 0 Å². The summed E-state index contributed by atoms with van der Waals surface area (Å²) < 4.78 is 6.01. The van der Waals surface area contributed by atoms with Crippen molar-refractivity contribution < 1.29 is 14.6 Å². The summed E-state index contributed by atoms with van der Waals surface area (Å²) in [6.45, 7) is 12.5. The van der Waals surface area contributed by atoms with Gasteiger partial charge in [-0.05, 0) is 69.4 Å². The lowest BCUT2D eigenvalue weighted by atomic mass is 9.80. The van der Waals surface area contributed by atoms with E-state index in [0.717, 1.165) is 45.5 Å². The molecule has 0 radical (unpaired) electrons. The molecule has 180 valence electrons. The smallest absolute Gasteiger partial charge is 0.222 e. The molecule has 1 N–H and O–H groups in total. The van der Waals surface area contributed by atoms with Crippen molar-refractivity contribution in [2.75, 3.05) is 45.9 Å². The molecule has 1 amide bonds. The highest BCUT2D eigenvalue weighted by molar-refractivity contribution is 5.76. The summed E-state index contributed by atoms with van der Waals surface area (Å²) in [7, 11) is 0. The molecule has 3 aliphatic rings. The van der Waals surface area contributed by atoms with Crippen LogP contribution < -0.4 is 0 Å². The number of hydrogen-bond donors (Lipinski definition) is 1. The van der Waals surface area contributed by atoms with Gasteiger partial charge < -0.3 is 19.6 Å². The van der Waals surface area contributed by atoms with E-state index in [1.54, 1.807) is 0 Å². The van der Waals surface area contributed by atoms with Crippen molar-refractivity contribution in [2.24, 2.45) is 23.2 Å². The summed E-state index contributed by atoms with van der Waals surface area (Å²) in [5.74, 6) is 1.99. The minimum absolute atomic E-state index is 0.272. The van der Waals surface area contributed by atoms with E-state index in [9.17, 15) is 9.90 Å². The number of aliphatic hydroxyl groups is 1. The fourth-order valence-corrected chi connectivity index (χ4v) is 5.30. The van der Waals surface area contributed by atoms with E-state index in [4.69, 9.17) is 4.74 Å². The SMILES string of the molecule is CCCCCCN1CC[C@H]2CC(=O)N(CC3CC3)C[C@H](O)C(C)(C)COCCC[C@H]2C1. The molecule has 0 bridgehead atoms. The molecule has 0 aromatic carbocycles. The number of unbranched alkanes of at least 4 members (excludes halogenated alkanes) is 3. The molecule has 2 heterocycles. The van der Waals surface area contributed by atoms with Crippen molar-refractivity contribution in [1.29, 1.82) is 0 Å². The van der Waals surface area contributed by atoms with Gasteiger partial charge in [0.2, 0.25) is 5.91 Å². The Labute approximate surface area is 190 Å². The van der Waals surface area contributed by atoms with Crippen LogP contribution in [0.3, 0.4) is 0 Å². The maximum atomic E-state index is 13.4. The Morgan fingerprint density at radius 3 is 2.61 bits per heavy atom. The second kappa shape index (κ2) is 12.0. The van der Waals surface area contributed by atoms with E-state index in [-0.39, 0.29) is 11.3 Å². The highest BCUT2D eigenvalue weighted by Crippen LogP contribution is 2.34. The lowest BCUT2D eigenvalue weighted by molar-refractivity contribution is -0.136. The number of piperidine rings is 1. The van der Waals surface area contributed by atoms with Crippen molar-refractivity contribution in [1.82, 2.24) is 9.80 Å². The van der Waals surface area contributed by atoms with Gasteiger partial charge in [-0.3, -0.25) is 4.79 Å². The average molecular weight is 437 g/mol. The van der Waals surface area contributed by atoms with Crippen LogP contribution in [-0.2, 0) is 9.53 Å². The van der Waals surface area contributed by atoms with Crippen LogP contribution in [0, 0.1) is 23.2 Å². The number of fused-ring (bicyclic) bond motifs is 1. The molecule has 0 aromatic rings. The van der Waals surface area contributed by atoms with Gasteiger partial charge in [-0.25, -0.2) is 0 Å². The van der Waals surface area contributed by atoms with Crippen molar-refractivity contribution in [3.05, 3.63) is 0 Å². The van der Waals surface area contributed by atoms with Gasteiger partial charge in [0.05, 0.1) is 12.7 Å². The number of aliphatic hydroxyl groups excluding tert-OH is 1. The summed E-state index contributed by atoms with van der Waals surface area (Å²) in [5.41, 5.74) is -0.335. The molecule has 2 saturated heterocycles. The van der Waals surface area contributed by atoms with Gasteiger partial charge in [-0.1, -0.05) is 40.0 Å². The summed E-state index contributed by atoms with van der Waals surface area (Å²) in [5, 5.41) is 10.9. The Balaban J connectivity index is 1.64. The first-order valence-electron chi connectivity index (χ1n) is 13.1. The monoisotopic (exact) mass is 436 g/mol. The van der Waals surface area contributed by atoms with Crippen LogP contribution in [-0.4, -0.2) is 72.9 Å². The van der Waals surface area contributed by atoms with Gasteiger partial charge >= 0.3 is 0 Å². The van der Waals surface area contributed by atoms with E-state index in [1.807, 2.05) is 4.90 Å². The number of ether oxygens (including phenoxy) is 1. The fraction of sp³-hybridized carbons (Fsp3) is 0.962. The standard InChI is InChI=1S/C26H48N2O3/c1-4-5-6-7-13-27-14-12-22-16-25(30)28(17-21-10-11-21)19-24(29)26(2,3)20-31-15-8-9-23(22)18-27/h21-24,29H,4-20H2,1-3H3/t22-,23-,24-/m0/s1. The van der Waals surface area contributed by atoms with E-state index >= 15 is 0 Å². The first-order chi connectivity index (χ1) is 14.9. The van der Waals surface area contributed by atoms with Crippen LogP contribution in [0.4, 0.5) is 0 Å². The lowest BCUT2D eigenvalue weighted by Crippen LogP contribution is -2.47. The first kappa shape index (κ1) is 25.0. The molecule has 0 aromatic heterocycles. The second-order valence-electron chi connectivity index (χ2n) is 11.3. The van der Waals surface area contributed by atoms with Crippen molar-refractivity contribution in [2.45, 2.75) is 91.1 Å². The van der Waals surface area contributed by atoms with Crippen LogP contribution >= 0.6 is 0 Å². The maximum absolute atomic E-state index is 13.4. The number of carbonyl (C=O) groups excluding carboxylic acids is 1. The van der Waals surface area contributed by atoms with Gasteiger partial charge in [0, 0.05) is 38.1 Å². The quantitative estimate of drug-likeness (QED) is 0.604. The zero-order chi connectivity index (χ0) is 22.3. The van der Waals surface area contributed by atoms with Crippen LogP contribution in [0.1, 0.15) is 85.0 Å². The largest absolute Gasteiger partial charge is 0.391 e. The Morgan fingerprint density at radius 2 is 1.87 bits per heavy atom. The number of hydrogen-bond acceptors (Lipinski definition) is 4. The summed E-state index contributed by atoms with van der Waals surface area (Å²) >= 11 is 0. The predicted octanol–water partition coefficient (Wildman–Crippen LogP) is 4.33. The first-order valence-corrected chi connectivity index (χ1v) is 13.1. The molecule has 3 atom stereocenters. The normalized spacial score (nSPS) is 31.4. The van der Waals surface area contributed by atoms with Crippen LogP contribution in [0.15, 0.2) is 0 Å². The highest BCUT2D eigenvalue weighted by Gasteiger charge is 2.36. The van der Waals surface area contributed by atoms with Gasteiger partial charge in [-0.2, -0.15) is 0 Å². The molecule has 5 heteroatoms. The zero-order valence-corrected chi connectivity index (χ0v) is 20.5. The molecule has 2 aliphatic heterocycles. The minimum Gasteiger partial charge on any atom is -0.391 e.